The van der Waals surface area contributed by atoms with Crippen LogP contribution in [0.4, 0.5) is 0 Å². The second kappa shape index (κ2) is 8.50. The third kappa shape index (κ3) is 4.83. The molecule has 136 valence electrons. The van der Waals surface area contributed by atoms with E-state index in [4.69, 9.17) is 0 Å². The molecule has 1 saturated heterocycles. The predicted octanol–water partition coefficient (Wildman–Crippen LogP) is 2.24. The minimum absolute atomic E-state index is 0.152. The Bertz CT molecular complexity index is 688. The standard InChI is InChI=1S/C20H30N4O/c1-23-12-8-17(9-13-23)24(2)14-10-20(25)21-11-7-16-15-22-19-6-4-3-5-18(16)19/h3-6,15,17,22H,7-14H2,1-2H3,(H,21,25). The summed E-state index contributed by atoms with van der Waals surface area (Å²) in [5.74, 6) is 0.152. The minimum atomic E-state index is 0.152. The van der Waals surface area contributed by atoms with Crippen molar-refractivity contribution >= 4 is 16.8 Å². The van der Waals surface area contributed by atoms with Gasteiger partial charge in [0, 0.05) is 42.7 Å². The summed E-state index contributed by atoms with van der Waals surface area (Å²) in [5.41, 5.74) is 2.42. The van der Waals surface area contributed by atoms with Crippen LogP contribution in [0.1, 0.15) is 24.8 Å². The lowest BCUT2D eigenvalue weighted by Crippen LogP contribution is -2.43. The van der Waals surface area contributed by atoms with E-state index >= 15 is 0 Å². The molecule has 1 aromatic carbocycles. The van der Waals surface area contributed by atoms with Crippen molar-refractivity contribution < 1.29 is 4.79 Å². The lowest BCUT2D eigenvalue weighted by molar-refractivity contribution is -0.121. The topological polar surface area (TPSA) is 51.4 Å². The highest BCUT2D eigenvalue weighted by Crippen LogP contribution is 2.17. The first-order valence-corrected chi connectivity index (χ1v) is 9.34. The minimum Gasteiger partial charge on any atom is -0.361 e. The van der Waals surface area contributed by atoms with E-state index in [2.05, 4.69) is 52.4 Å². The summed E-state index contributed by atoms with van der Waals surface area (Å²) in [4.78, 5) is 20.1. The number of carbonyl (C=O) groups excluding carboxylic acids is 1. The molecule has 1 fully saturated rings. The van der Waals surface area contributed by atoms with Gasteiger partial charge in [0.2, 0.25) is 5.91 Å². The van der Waals surface area contributed by atoms with Crippen LogP contribution in [-0.2, 0) is 11.2 Å². The number of carbonyl (C=O) groups is 1. The van der Waals surface area contributed by atoms with Crippen molar-refractivity contribution in [3.8, 4) is 0 Å². The molecule has 0 aliphatic carbocycles. The molecule has 0 unspecified atom stereocenters. The number of hydrogen-bond acceptors (Lipinski definition) is 3. The van der Waals surface area contributed by atoms with E-state index in [-0.39, 0.29) is 5.91 Å². The normalized spacial score (nSPS) is 16.6. The SMILES string of the molecule is CN1CCC(N(C)CCC(=O)NCCc2c[nH]c3ccccc23)CC1. The first kappa shape index (κ1) is 18.0. The van der Waals surface area contributed by atoms with Crippen LogP contribution in [-0.4, -0.2) is 67.0 Å². The predicted molar refractivity (Wildman–Crippen MR) is 103 cm³/mol. The van der Waals surface area contributed by atoms with Gasteiger partial charge in [-0.05, 0) is 58.1 Å². The van der Waals surface area contributed by atoms with Crippen LogP contribution in [0, 0.1) is 0 Å². The van der Waals surface area contributed by atoms with Crippen LogP contribution >= 0.6 is 0 Å². The fourth-order valence-corrected chi connectivity index (χ4v) is 3.66. The summed E-state index contributed by atoms with van der Waals surface area (Å²) in [7, 11) is 4.33. The van der Waals surface area contributed by atoms with E-state index in [1.165, 1.54) is 23.8 Å². The Morgan fingerprint density at radius 2 is 2.08 bits per heavy atom. The van der Waals surface area contributed by atoms with Crippen LogP contribution in [0.2, 0.25) is 0 Å². The number of benzene rings is 1. The Labute approximate surface area is 150 Å². The van der Waals surface area contributed by atoms with Gasteiger partial charge < -0.3 is 20.1 Å². The molecule has 2 heterocycles. The lowest BCUT2D eigenvalue weighted by atomic mass is 10.0. The fraction of sp³-hybridized carbons (Fsp3) is 0.550. The average molecular weight is 342 g/mol. The number of nitrogens with one attached hydrogen (secondary N) is 2. The number of hydrogen-bond donors (Lipinski definition) is 2. The fourth-order valence-electron chi connectivity index (χ4n) is 3.66. The molecule has 2 N–H and O–H groups in total. The van der Waals surface area contributed by atoms with Gasteiger partial charge in [-0.2, -0.15) is 0 Å². The number of likely N-dealkylation sites (tertiary alicyclic amines) is 1. The molecular weight excluding hydrogens is 312 g/mol. The van der Waals surface area contributed by atoms with Crippen molar-refractivity contribution in [2.45, 2.75) is 31.7 Å². The molecule has 1 aromatic heterocycles. The number of aromatic amines is 1. The third-order valence-electron chi connectivity index (χ3n) is 5.39. The number of para-hydroxylation sites is 1. The molecular formula is C20H30N4O. The van der Waals surface area contributed by atoms with Gasteiger partial charge in [-0.3, -0.25) is 4.79 Å². The van der Waals surface area contributed by atoms with Crippen molar-refractivity contribution in [2.75, 3.05) is 40.3 Å². The number of fused-ring (bicyclic) bond motifs is 1. The van der Waals surface area contributed by atoms with E-state index < -0.39 is 0 Å². The van der Waals surface area contributed by atoms with Gasteiger partial charge in [-0.1, -0.05) is 18.2 Å². The second-order valence-electron chi connectivity index (χ2n) is 7.22. The molecule has 0 atom stereocenters. The third-order valence-corrected chi connectivity index (χ3v) is 5.39. The van der Waals surface area contributed by atoms with Crippen LogP contribution in [0.15, 0.2) is 30.5 Å². The van der Waals surface area contributed by atoms with Crippen molar-refractivity contribution in [1.82, 2.24) is 20.1 Å². The maximum absolute atomic E-state index is 12.1. The van der Waals surface area contributed by atoms with Gasteiger partial charge in [-0.25, -0.2) is 0 Å². The van der Waals surface area contributed by atoms with E-state index in [1.54, 1.807) is 0 Å². The monoisotopic (exact) mass is 342 g/mol. The Morgan fingerprint density at radius 3 is 2.88 bits per heavy atom. The van der Waals surface area contributed by atoms with Gasteiger partial charge in [0.25, 0.3) is 0 Å². The molecule has 1 aliphatic heterocycles. The summed E-state index contributed by atoms with van der Waals surface area (Å²) >= 11 is 0. The Kier molecular flexibility index (Phi) is 6.10. The highest BCUT2D eigenvalue weighted by Gasteiger charge is 2.20. The van der Waals surface area contributed by atoms with Crippen LogP contribution in [0.5, 0.6) is 0 Å². The number of piperidine rings is 1. The summed E-state index contributed by atoms with van der Waals surface area (Å²) in [6, 6.07) is 8.91. The van der Waals surface area contributed by atoms with E-state index in [1.807, 2.05) is 12.3 Å². The maximum Gasteiger partial charge on any atom is 0.221 e. The molecule has 0 saturated carbocycles. The summed E-state index contributed by atoms with van der Waals surface area (Å²) in [6.07, 6.45) is 5.90. The van der Waals surface area contributed by atoms with Crippen LogP contribution in [0.25, 0.3) is 10.9 Å². The Hall–Kier alpha value is -1.85. The number of H-pyrrole nitrogens is 1. The summed E-state index contributed by atoms with van der Waals surface area (Å²) in [6.45, 7) is 3.85. The highest BCUT2D eigenvalue weighted by atomic mass is 16.1. The zero-order valence-corrected chi connectivity index (χ0v) is 15.4. The number of nitrogens with zero attached hydrogens (tertiary/aromatic N) is 2. The first-order valence-electron chi connectivity index (χ1n) is 9.34. The van der Waals surface area contributed by atoms with Gasteiger partial charge in [0.15, 0.2) is 0 Å². The van der Waals surface area contributed by atoms with Crippen molar-refractivity contribution in [3.05, 3.63) is 36.0 Å². The first-order chi connectivity index (χ1) is 12.1. The summed E-state index contributed by atoms with van der Waals surface area (Å²) < 4.78 is 0. The van der Waals surface area contributed by atoms with Gasteiger partial charge in [0.05, 0.1) is 0 Å². The van der Waals surface area contributed by atoms with Gasteiger partial charge in [-0.15, -0.1) is 0 Å². The molecule has 0 bridgehead atoms. The molecule has 5 heteroatoms. The van der Waals surface area contributed by atoms with Gasteiger partial charge in [0.1, 0.15) is 0 Å². The Morgan fingerprint density at radius 1 is 1.32 bits per heavy atom. The number of rotatable bonds is 7. The molecule has 25 heavy (non-hydrogen) atoms. The lowest BCUT2D eigenvalue weighted by Gasteiger charge is -2.35. The van der Waals surface area contributed by atoms with Crippen molar-refractivity contribution in [3.63, 3.8) is 0 Å². The van der Waals surface area contributed by atoms with Crippen LogP contribution in [0.3, 0.4) is 0 Å². The smallest absolute Gasteiger partial charge is 0.221 e. The molecule has 0 radical (unpaired) electrons. The molecule has 1 amide bonds. The summed E-state index contributed by atoms with van der Waals surface area (Å²) in [5, 5.41) is 4.31. The molecule has 0 spiro atoms. The van der Waals surface area contributed by atoms with E-state index in [9.17, 15) is 4.79 Å². The highest BCUT2D eigenvalue weighted by molar-refractivity contribution is 5.83. The molecule has 2 aromatic rings. The Balaban J connectivity index is 1.37. The number of aromatic nitrogens is 1. The maximum atomic E-state index is 12.1. The molecule has 3 rings (SSSR count). The van der Waals surface area contributed by atoms with Gasteiger partial charge >= 0.3 is 0 Å². The second-order valence-corrected chi connectivity index (χ2v) is 7.22. The van der Waals surface area contributed by atoms with E-state index in [0.29, 0.717) is 19.0 Å². The zero-order valence-electron chi connectivity index (χ0n) is 15.4. The molecule has 5 nitrogen and oxygen atoms in total. The average Bonchev–Trinajstić information content (AvgIpc) is 3.04. The van der Waals surface area contributed by atoms with Crippen molar-refractivity contribution in [2.24, 2.45) is 0 Å². The van der Waals surface area contributed by atoms with Crippen molar-refractivity contribution in [1.29, 1.82) is 0 Å². The molecule has 1 aliphatic rings. The quantitative estimate of drug-likeness (QED) is 0.811. The van der Waals surface area contributed by atoms with E-state index in [0.717, 1.165) is 31.6 Å². The zero-order chi connectivity index (χ0) is 17.6. The van der Waals surface area contributed by atoms with Crippen LogP contribution < -0.4 is 5.32 Å². The largest absolute Gasteiger partial charge is 0.361 e. The number of amides is 1.